The summed E-state index contributed by atoms with van der Waals surface area (Å²) in [7, 11) is 1.99. The Morgan fingerprint density at radius 2 is 2.28 bits per heavy atom. The van der Waals surface area contributed by atoms with Gasteiger partial charge in [-0.15, -0.1) is 0 Å². The number of nitrogens with zero attached hydrogens (tertiary/aromatic N) is 4. The minimum Gasteiger partial charge on any atom is -0.370 e. The number of nitrogens with one attached hydrogen (secondary N) is 1. The Morgan fingerprint density at radius 1 is 1.44 bits per heavy atom. The van der Waals surface area contributed by atoms with Gasteiger partial charge < -0.3 is 5.32 Å². The van der Waals surface area contributed by atoms with Gasteiger partial charge in [0.15, 0.2) is 0 Å². The van der Waals surface area contributed by atoms with Crippen LogP contribution in [0, 0.1) is 0 Å². The molecule has 5 heteroatoms. The van der Waals surface area contributed by atoms with Gasteiger partial charge in [-0.1, -0.05) is 13.8 Å². The number of fused-ring (bicyclic) bond motifs is 1. The maximum absolute atomic E-state index is 4.74. The highest BCUT2D eigenvalue weighted by Crippen LogP contribution is 2.30. The van der Waals surface area contributed by atoms with Crippen LogP contribution in [0.25, 0.3) is 0 Å². The van der Waals surface area contributed by atoms with Crippen molar-refractivity contribution in [2.24, 2.45) is 7.05 Å². The van der Waals surface area contributed by atoms with Gasteiger partial charge in [0.25, 0.3) is 0 Å². The molecule has 0 spiro atoms. The molecule has 1 unspecified atom stereocenters. The number of hydrogen-bond acceptors (Lipinski definition) is 3. The van der Waals surface area contributed by atoms with Gasteiger partial charge in [-0.3, -0.25) is 4.68 Å². The van der Waals surface area contributed by atoms with Gasteiger partial charge in [-0.05, 0) is 18.4 Å². The normalized spacial score (nSPS) is 18.8. The van der Waals surface area contributed by atoms with Crippen molar-refractivity contribution < 1.29 is 0 Å². The summed E-state index contributed by atoms with van der Waals surface area (Å²) in [5.41, 5.74) is 2.36. The van der Waals surface area contributed by atoms with E-state index in [1.54, 1.807) is 0 Å². The molecule has 0 bridgehead atoms. The van der Waals surface area contributed by atoms with Crippen molar-refractivity contribution in [2.45, 2.75) is 32.2 Å². The molecule has 96 valence electrons. The van der Waals surface area contributed by atoms with Crippen LogP contribution < -0.4 is 5.32 Å². The van der Waals surface area contributed by atoms with Crippen LogP contribution in [0.15, 0.2) is 18.3 Å². The molecule has 1 aliphatic heterocycles. The predicted octanol–water partition coefficient (Wildman–Crippen LogP) is 2.14. The second kappa shape index (κ2) is 4.15. The van der Waals surface area contributed by atoms with Crippen LogP contribution in [0.5, 0.6) is 0 Å². The summed E-state index contributed by atoms with van der Waals surface area (Å²) in [5.74, 6) is 1.58. The van der Waals surface area contributed by atoms with Crippen molar-refractivity contribution in [1.82, 2.24) is 19.6 Å². The standard InChI is InChI=1S/C13H19N5/c1-9(2)10-8-13-14-6-4-12(18(13)16-10)11-5-7-15-17(11)3/h5,7-9,12,14H,4,6H2,1-3H3. The Morgan fingerprint density at radius 3 is 2.94 bits per heavy atom. The van der Waals surface area contributed by atoms with E-state index in [2.05, 4.69) is 41.1 Å². The fourth-order valence-electron chi connectivity index (χ4n) is 2.51. The highest BCUT2D eigenvalue weighted by Gasteiger charge is 2.25. The smallest absolute Gasteiger partial charge is 0.125 e. The molecule has 5 nitrogen and oxygen atoms in total. The van der Waals surface area contributed by atoms with E-state index in [1.807, 2.05) is 17.9 Å². The first kappa shape index (κ1) is 11.3. The number of rotatable bonds is 2. The quantitative estimate of drug-likeness (QED) is 0.882. The molecular weight excluding hydrogens is 226 g/mol. The van der Waals surface area contributed by atoms with Gasteiger partial charge in [0.1, 0.15) is 5.82 Å². The monoisotopic (exact) mass is 245 g/mol. The largest absolute Gasteiger partial charge is 0.370 e. The fraction of sp³-hybridized carbons (Fsp3) is 0.538. The van der Waals surface area contributed by atoms with Gasteiger partial charge >= 0.3 is 0 Å². The molecule has 1 N–H and O–H groups in total. The second-order valence-corrected chi connectivity index (χ2v) is 5.16. The van der Waals surface area contributed by atoms with Crippen molar-refractivity contribution >= 4 is 5.82 Å². The molecule has 3 heterocycles. The highest BCUT2D eigenvalue weighted by atomic mass is 15.4. The summed E-state index contributed by atoms with van der Waals surface area (Å²) >= 11 is 0. The molecule has 0 saturated carbocycles. The van der Waals surface area contributed by atoms with E-state index in [9.17, 15) is 0 Å². The number of anilines is 1. The molecule has 0 aliphatic carbocycles. The van der Waals surface area contributed by atoms with E-state index in [1.165, 1.54) is 5.69 Å². The molecule has 0 radical (unpaired) electrons. The maximum Gasteiger partial charge on any atom is 0.125 e. The first-order valence-corrected chi connectivity index (χ1v) is 6.48. The predicted molar refractivity (Wildman–Crippen MR) is 70.8 cm³/mol. The summed E-state index contributed by atoms with van der Waals surface area (Å²) in [6.07, 6.45) is 2.90. The highest BCUT2D eigenvalue weighted by molar-refractivity contribution is 5.41. The average Bonchev–Trinajstić information content (AvgIpc) is 2.94. The van der Waals surface area contributed by atoms with Gasteiger partial charge in [0.2, 0.25) is 0 Å². The lowest BCUT2D eigenvalue weighted by Gasteiger charge is -2.25. The van der Waals surface area contributed by atoms with E-state index in [0.29, 0.717) is 12.0 Å². The molecular formula is C13H19N5. The van der Waals surface area contributed by atoms with Crippen molar-refractivity contribution in [3.05, 3.63) is 29.7 Å². The number of hydrogen-bond donors (Lipinski definition) is 1. The minimum absolute atomic E-state index is 0.293. The minimum atomic E-state index is 0.293. The number of aromatic nitrogens is 4. The third-order valence-corrected chi connectivity index (χ3v) is 3.57. The molecule has 0 amide bonds. The molecule has 1 atom stereocenters. The molecule has 2 aromatic rings. The molecule has 0 fully saturated rings. The summed E-state index contributed by atoms with van der Waals surface area (Å²) in [4.78, 5) is 0. The summed E-state index contributed by atoms with van der Waals surface area (Å²) in [6.45, 7) is 5.33. The third-order valence-electron chi connectivity index (χ3n) is 3.57. The average molecular weight is 245 g/mol. The molecule has 3 rings (SSSR count). The SMILES string of the molecule is CC(C)c1cc2n(n1)C(c1ccnn1C)CCN2. The molecule has 0 aromatic carbocycles. The fourth-order valence-corrected chi connectivity index (χ4v) is 2.51. The van der Waals surface area contributed by atoms with E-state index >= 15 is 0 Å². The Kier molecular flexibility index (Phi) is 2.61. The van der Waals surface area contributed by atoms with Crippen LogP contribution >= 0.6 is 0 Å². The topological polar surface area (TPSA) is 47.7 Å². The third kappa shape index (κ3) is 1.70. The van der Waals surface area contributed by atoms with Crippen LogP contribution in [-0.4, -0.2) is 26.1 Å². The summed E-state index contributed by atoms with van der Waals surface area (Å²) in [5, 5.41) is 12.4. The zero-order chi connectivity index (χ0) is 12.7. The lowest BCUT2D eigenvalue weighted by Crippen LogP contribution is -2.25. The lowest BCUT2D eigenvalue weighted by atomic mass is 10.1. The van der Waals surface area contributed by atoms with E-state index in [0.717, 1.165) is 24.5 Å². The molecule has 1 aliphatic rings. The van der Waals surface area contributed by atoms with Crippen molar-refractivity contribution in [3.63, 3.8) is 0 Å². The van der Waals surface area contributed by atoms with Crippen LogP contribution in [-0.2, 0) is 7.05 Å². The molecule has 2 aromatic heterocycles. The van der Waals surface area contributed by atoms with Crippen LogP contribution in [0.1, 0.15) is 43.6 Å². The van der Waals surface area contributed by atoms with Crippen molar-refractivity contribution in [3.8, 4) is 0 Å². The van der Waals surface area contributed by atoms with E-state index in [-0.39, 0.29) is 0 Å². The zero-order valence-electron chi connectivity index (χ0n) is 11.1. The summed E-state index contributed by atoms with van der Waals surface area (Å²) < 4.78 is 4.05. The van der Waals surface area contributed by atoms with Crippen LogP contribution in [0.3, 0.4) is 0 Å². The first-order valence-electron chi connectivity index (χ1n) is 6.48. The Labute approximate surface area is 107 Å². The number of aryl methyl sites for hydroxylation is 1. The van der Waals surface area contributed by atoms with Crippen molar-refractivity contribution in [2.75, 3.05) is 11.9 Å². The first-order chi connectivity index (χ1) is 8.66. The van der Waals surface area contributed by atoms with Gasteiger partial charge in [-0.2, -0.15) is 10.2 Å². The molecule has 18 heavy (non-hydrogen) atoms. The summed E-state index contributed by atoms with van der Waals surface area (Å²) in [6, 6.07) is 4.53. The zero-order valence-corrected chi connectivity index (χ0v) is 11.1. The lowest BCUT2D eigenvalue weighted by molar-refractivity contribution is 0.448. The van der Waals surface area contributed by atoms with Crippen molar-refractivity contribution in [1.29, 1.82) is 0 Å². The van der Waals surface area contributed by atoms with Gasteiger partial charge in [-0.25, -0.2) is 4.68 Å². The van der Waals surface area contributed by atoms with Gasteiger partial charge in [0, 0.05) is 25.9 Å². The maximum atomic E-state index is 4.74. The Bertz CT molecular complexity index is 551. The van der Waals surface area contributed by atoms with E-state index < -0.39 is 0 Å². The van der Waals surface area contributed by atoms with Crippen LogP contribution in [0.2, 0.25) is 0 Å². The Balaban J connectivity index is 2.04. The molecule has 0 saturated heterocycles. The Hall–Kier alpha value is -1.78. The van der Waals surface area contributed by atoms with E-state index in [4.69, 9.17) is 5.10 Å². The van der Waals surface area contributed by atoms with Gasteiger partial charge in [0.05, 0.1) is 17.4 Å². The second-order valence-electron chi connectivity index (χ2n) is 5.16. The van der Waals surface area contributed by atoms with Crippen LogP contribution in [0.4, 0.5) is 5.82 Å².